The largest absolute Gasteiger partial charge is 0.397 e. The average Bonchev–Trinajstić information content (AvgIpc) is 2.78. The molecule has 0 bridgehead atoms. The van der Waals surface area contributed by atoms with Gasteiger partial charge in [-0.15, -0.1) is 11.3 Å². The lowest BCUT2D eigenvalue weighted by Gasteiger charge is -2.35. The van der Waals surface area contributed by atoms with E-state index in [0.29, 0.717) is 27.8 Å². The highest BCUT2D eigenvalue weighted by atomic mass is 32.1. The smallest absolute Gasteiger partial charge is 0.266 e. The van der Waals surface area contributed by atoms with E-state index in [1.165, 1.54) is 23.5 Å². The summed E-state index contributed by atoms with van der Waals surface area (Å²) >= 11 is 1.35. The predicted octanol–water partition coefficient (Wildman–Crippen LogP) is 3.74. The lowest BCUT2D eigenvalue weighted by Crippen LogP contribution is -2.42. The average molecular weight is 306 g/mol. The fourth-order valence-electron chi connectivity index (χ4n) is 2.84. The van der Waals surface area contributed by atoms with Crippen LogP contribution < -0.4 is 5.73 Å². The number of thiophene rings is 1. The normalized spacial score (nSPS) is 22.7. The number of halogens is 1. The Balaban J connectivity index is 1.93. The molecule has 21 heavy (non-hydrogen) atoms. The number of nitrogens with two attached hydrogens (primary N) is 1. The van der Waals surface area contributed by atoms with Crippen molar-refractivity contribution in [3.05, 3.63) is 28.9 Å². The first-order valence-corrected chi connectivity index (χ1v) is 8.06. The van der Waals surface area contributed by atoms with E-state index in [9.17, 15) is 9.18 Å². The highest BCUT2D eigenvalue weighted by Gasteiger charge is 2.28. The van der Waals surface area contributed by atoms with Crippen LogP contribution >= 0.6 is 11.3 Å². The van der Waals surface area contributed by atoms with Crippen molar-refractivity contribution in [1.29, 1.82) is 0 Å². The van der Waals surface area contributed by atoms with Crippen LogP contribution in [0.5, 0.6) is 0 Å². The van der Waals surface area contributed by atoms with E-state index in [-0.39, 0.29) is 11.7 Å². The van der Waals surface area contributed by atoms with Crippen LogP contribution in [-0.2, 0) is 0 Å². The van der Waals surface area contributed by atoms with Crippen LogP contribution in [0.2, 0.25) is 0 Å². The molecular formula is C16H19FN2OS. The fraction of sp³-hybridized carbons (Fsp3) is 0.438. The Morgan fingerprint density at radius 1 is 1.38 bits per heavy atom. The van der Waals surface area contributed by atoms with Crippen molar-refractivity contribution in [2.45, 2.75) is 20.3 Å². The van der Waals surface area contributed by atoms with E-state index in [1.807, 2.05) is 4.90 Å². The minimum atomic E-state index is -0.327. The van der Waals surface area contributed by atoms with Crippen LogP contribution in [-0.4, -0.2) is 23.9 Å². The Labute approximate surface area is 127 Å². The number of piperidine rings is 1. The Morgan fingerprint density at radius 2 is 2.14 bits per heavy atom. The molecule has 1 aromatic carbocycles. The first-order chi connectivity index (χ1) is 9.97. The van der Waals surface area contributed by atoms with E-state index in [4.69, 9.17) is 5.73 Å². The number of hydrogen-bond acceptors (Lipinski definition) is 3. The van der Waals surface area contributed by atoms with Gasteiger partial charge in [0.05, 0.1) is 5.69 Å². The third-order valence-electron chi connectivity index (χ3n) is 4.50. The van der Waals surface area contributed by atoms with Gasteiger partial charge in [0.1, 0.15) is 10.7 Å². The highest BCUT2D eigenvalue weighted by Crippen LogP contribution is 2.35. The number of fused-ring (bicyclic) bond motifs is 1. The molecule has 2 N–H and O–H groups in total. The van der Waals surface area contributed by atoms with Crippen LogP contribution in [0.4, 0.5) is 10.1 Å². The van der Waals surface area contributed by atoms with Gasteiger partial charge in [-0.25, -0.2) is 4.39 Å². The zero-order valence-corrected chi connectivity index (χ0v) is 13.0. The van der Waals surface area contributed by atoms with Gasteiger partial charge < -0.3 is 10.6 Å². The number of carbonyl (C=O) groups excluding carboxylic acids is 1. The molecule has 1 amide bonds. The van der Waals surface area contributed by atoms with Gasteiger partial charge in [-0.1, -0.05) is 13.8 Å². The van der Waals surface area contributed by atoms with Crippen molar-refractivity contribution in [3.8, 4) is 0 Å². The fourth-order valence-corrected chi connectivity index (χ4v) is 3.91. The van der Waals surface area contributed by atoms with E-state index in [0.717, 1.165) is 24.2 Å². The zero-order chi connectivity index (χ0) is 15.1. The molecule has 2 heterocycles. The number of hydrogen-bond donors (Lipinski definition) is 1. The molecule has 1 aromatic heterocycles. The summed E-state index contributed by atoms with van der Waals surface area (Å²) in [5.41, 5.74) is 6.48. The molecular weight excluding hydrogens is 287 g/mol. The third-order valence-corrected chi connectivity index (χ3v) is 5.68. The lowest BCUT2D eigenvalue weighted by molar-refractivity contribution is 0.0633. The van der Waals surface area contributed by atoms with Crippen LogP contribution in [0.15, 0.2) is 18.2 Å². The number of carbonyl (C=O) groups is 1. The molecule has 1 aliphatic heterocycles. The Bertz CT molecular complexity index is 697. The number of likely N-dealkylation sites (tertiary alicyclic amines) is 1. The highest BCUT2D eigenvalue weighted by molar-refractivity contribution is 7.21. The maximum absolute atomic E-state index is 13.3. The Kier molecular flexibility index (Phi) is 3.61. The van der Waals surface area contributed by atoms with Gasteiger partial charge in [-0.05, 0) is 36.5 Å². The van der Waals surface area contributed by atoms with E-state index in [2.05, 4.69) is 13.8 Å². The molecule has 2 aromatic rings. The van der Waals surface area contributed by atoms with Gasteiger partial charge in [0.25, 0.3) is 5.91 Å². The van der Waals surface area contributed by atoms with Crippen molar-refractivity contribution in [1.82, 2.24) is 4.90 Å². The molecule has 3 rings (SSSR count). The van der Waals surface area contributed by atoms with Gasteiger partial charge in [0.2, 0.25) is 0 Å². The second kappa shape index (κ2) is 5.30. The molecule has 0 radical (unpaired) electrons. The predicted molar refractivity (Wildman–Crippen MR) is 85.0 cm³/mol. The summed E-state index contributed by atoms with van der Waals surface area (Å²) in [5, 5.41) is 0.641. The summed E-state index contributed by atoms with van der Waals surface area (Å²) in [6.45, 7) is 5.94. The van der Waals surface area contributed by atoms with Gasteiger partial charge in [-0.3, -0.25) is 4.79 Å². The summed E-state index contributed by atoms with van der Waals surface area (Å²) in [4.78, 5) is 15.1. The quantitative estimate of drug-likeness (QED) is 0.872. The van der Waals surface area contributed by atoms with Gasteiger partial charge in [0, 0.05) is 23.2 Å². The van der Waals surface area contributed by atoms with Gasteiger partial charge in [0.15, 0.2) is 0 Å². The monoisotopic (exact) mass is 306 g/mol. The maximum Gasteiger partial charge on any atom is 0.266 e. The Morgan fingerprint density at radius 3 is 2.86 bits per heavy atom. The van der Waals surface area contributed by atoms with Crippen molar-refractivity contribution in [3.63, 3.8) is 0 Å². The van der Waals surface area contributed by atoms with E-state index < -0.39 is 0 Å². The second-order valence-corrected chi connectivity index (χ2v) is 7.03. The molecule has 0 spiro atoms. The first kappa shape index (κ1) is 14.3. The lowest BCUT2D eigenvalue weighted by atomic mass is 9.88. The third kappa shape index (κ3) is 2.50. The number of benzene rings is 1. The minimum absolute atomic E-state index is 0.0205. The minimum Gasteiger partial charge on any atom is -0.397 e. The number of nitrogens with zero attached hydrogens (tertiary/aromatic N) is 1. The van der Waals surface area contributed by atoms with E-state index >= 15 is 0 Å². The molecule has 112 valence electrons. The van der Waals surface area contributed by atoms with Gasteiger partial charge >= 0.3 is 0 Å². The molecule has 1 aliphatic rings. The molecule has 0 aliphatic carbocycles. The number of rotatable bonds is 1. The van der Waals surface area contributed by atoms with Crippen molar-refractivity contribution >= 4 is 33.0 Å². The summed E-state index contributed by atoms with van der Waals surface area (Å²) < 4.78 is 14.2. The van der Waals surface area contributed by atoms with Crippen LogP contribution in [0.3, 0.4) is 0 Å². The van der Waals surface area contributed by atoms with Crippen LogP contribution in [0.25, 0.3) is 10.1 Å². The summed E-state index contributed by atoms with van der Waals surface area (Å²) in [5.74, 6) is 0.790. The SMILES string of the molecule is CC1CCN(C(=O)c2sc3ccc(F)cc3c2N)CC1C. The Hall–Kier alpha value is -1.62. The standard InChI is InChI=1S/C16H19FN2OS/c1-9-5-6-19(8-10(9)2)16(20)15-14(18)12-7-11(17)3-4-13(12)21-15/h3-4,7,9-10H,5-6,8,18H2,1-2H3. The number of amides is 1. The molecule has 2 atom stereocenters. The number of anilines is 1. The molecule has 1 fully saturated rings. The maximum atomic E-state index is 13.3. The molecule has 3 nitrogen and oxygen atoms in total. The zero-order valence-electron chi connectivity index (χ0n) is 12.2. The molecule has 5 heteroatoms. The van der Waals surface area contributed by atoms with Crippen LogP contribution in [0.1, 0.15) is 29.9 Å². The van der Waals surface area contributed by atoms with Crippen LogP contribution in [0, 0.1) is 17.7 Å². The number of nitrogen functional groups attached to an aromatic ring is 1. The van der Waals surface area contributed by atoms with E-state index in [1.54, 1.807) is 6.07 Å². The topological polar surface area (TPSA) is 46.3 Å². The molecule has 2 unspecified atom stereocenters. The summed E-state index contributed by atoms with van der Waals surface area (Å²) in [7, 11) is 0. The van der Waals surface area contributed by atoms with Crippen molar-refractivity contribution < 1.29 is 9.18 Å². The summed E-state index contributed by atoms with van der Waals surface area (Å²) in [6.07, 6.45) is 1.02. The molecule has 0 saturated carbocycles. The molecule has 1 saturated heterocycles. The second-order valence-electron chi connectivity index (χ2n) is 5.98. The van der Waals surface area contributed by atoms with Crippen molar-refractivity contribution in [2.24, 2.45) is 11.8 Å². The van der Waals surface area contributed by atoms with Crippen molar-refractivity contribution in [2.75, 3.05) is 18.8 Å². The first-order valence-electron chi connectivity index (χ1n) is 7.24. The van der Waals surface area contributed by atoms with Gasteiger partial charge in [-0.2, -0.15) is 0 Å². The summed E-state index contributed by atoms with van der Waals surface area (Å²) in [6, 6.07) is 4.49.